The van der Waals surface area contributed by atoms with Gasteiger partial charge < -0.3 is 9.84 Å². The van der Waals surface area contributed by atoms with E-state index in [1.165, 1.54) is 29.5 Å². The molecular weight excluding hydrogens is 303 g/mol. The Morgan fingerprint density at radius 1 is 1.40 bits per heavy atom. The molecule has 1 aromatic carbocycles. The molecule has 0 unspecified atom stereocenters. The first-order valence-electron chi connectivity index (χ1n) is 5.63. The second kappa shape index (κ2) is 6.54. The second-order valence-corrected chi connectivity index (χ2v) is 5.42. The van der Waals surface area contributed by atoms with Gasteiger partial charge in [-0.1, -0.05) is 17.7 Å². The molecule has 0 amide bonds. The summed E-state index contributed by atoms with van der Waals surface area (Å²) in [6.07, 6.45) is 2.55. The number of carboxylic acid groups (broad SMARTS) is 1. The van der Waals surface area contributed by atoms with E-state index in [1.54, 1.807) is 18.2 Å². The lowest BCUT2D eigenvalue weighted by Crippen LogP contribution is -1.96. The van der Waals surface area contributed by atoms with Crippen LogP contribution in [0.5, 0.6) is 5.75 Å². The fourth-order valence-electron chi connectivity index (χ4n) is 1.48. The number of carboxylic acids is 1. The molecule has 2 aromatic rings. The number of ether oxygens (including phenoxy) is 1. The Labute approximate surface area is 123 Å². The molecule has 0 spiro atoms. The third-order valence-corrected chi connectivity index (χ3v) is 3.67. The first-order valence-corrected chi connectivity index (χ1v) is 6.82. The summed E-state index contributed by atoms with van der Waals surface area (Å²) in [6.45, 7) is 0.173. The van der Waals surface area contributed by atoms with E-state index < -0.39 is 11.8 Å². The minimum absolute atomic E-state index is 0.0187. The van der Waals surface area contributed by atoms with Gasteiger partial charge in [-0.2, -0.15) is 0 Å². The lowest BCUT2D eigenvalue weighted by Gasteiger charge is -2.07. The van der Waals surface area contributed by atoms with Gasteiger partial charge in [-0.15, -0.1) is 11.3 Å². The number of carbonyl (C=O) groups is 1. The number of benzene rings is 1. The van der Waals surface area contributed by atoms with Crippen molar-refractivity contribution in [2.45, 2.75) is 6.61 Å². The number of halogens is 2. The number of thiophene rings is 1. The Morgan fingerprint density at radius 3 is 2.90 bits per heavy atom. The standard InChI is InChI=1S/C14H10ClFO3S/c15-11-2-1-3-12(16)14(11)19-8-10-5-4-9(20-10)6-7-13(17)18/h1-7H,8H2,(H,17,18)/b7-6+. The minimum atomic E-state index is -1.01. The number of aliphatic carboxylic acids is 1. The van der Waals surface area contributed by atoms with Gasteiger partial charge in [-0.05, 0) is 30.3 Å². The first kappa shape index (κ1) is 14.6. The summed E-state index contributed by atoms with van der Waals surface area (Å²) in [4.78, 5) is 12.0. The molecule has 1 heterocycles. The van der Waals surface area contributed by atoms with Gasteiger partial charge in [-0.3, -0.25) is 0 Å². The van der Waals surface area contributed by atoms with E-state index in [1.807, 2.05) is 0 Å². The van der Waals surface area contributed by atoms with Gasteiger partial charge in [0.2, 0.25) is 0 Å². The first-order chi connectivity index (χ1) is 9.56. The lowest BCUT2D eigenvalue weighted by atomic mass is 10.3. The largest absolute Gasteiger partial charge is 0.483 e. The fraction of sp³-hybridized carbons (Fsp3) is 0.0714. The van der Waals surface area contributed by atoms with Crippen LogP contribution in [-0.2, 0) is 11.4 Å². The van der Waals surface area contributed by atoms with Crippen molar-refractivity contribution >= 4 is 35.0 Å². The molecule has 0 aliphatic rings. The van der Waals surface area contributed by atoms with Crippen molar-refractivity contribution in [1.29, 1.82) is 0 Å². The van der Waals surface area contributed by atoms with Crippen LogP contribution in [0.3, 0.4) is 0 Å². The van der Waals surface area contributed by atoms with Gasteiger partial charge in [-0.25, -0.2) is 9.18 Å². The molecule has 104 valence electrons. The summed E-state index contributed by atoms with van der Waals surface area (Å²) in [5.41, 5.74) is 0. The highest BCUT2D eigenvalue weighted by atomic mass is 35.5. The Kier molecular flexibility index (Phi) is 4.76. The fourth-order valence-corrected chi connectivity index (χ4v) is 2.53. The van der Waals surface area contributed by atoms with Gasteiger partial charge in [0.05, 0.1) is 5.02 Å². The highest BCUT2D eigenvalue weighted by Crippen LogP contribution is 2.29. The number of hydrogen-bond donors (Lipinski definition) is 1. The van der Waals surface area contributed by atoms with Crippen LogP contribution in [0.2, 0.25) is 5.02 Å². The van der Waals surface area contributed by atoms with Crippen molar-refractivity contribution < 1.29 is 19.0 Å². The zero-order chi connectivity index (χ0) is 14.5. The highest BCUT2D eigenvalue weighted by molar-refractivity contribution is 7.12. The van der Waals surface area contributed by atoms with E-state index in [0.29, 0.717) is 0 Å². The molecule has 0 radical (unpaired) electrons. The van der Waals surface area contributed by atoms with E-state index in [9.17, 15) is 9.18 Å². The summed E-state index contributed by atoms with van der Waals surface area (Å²) in [6, 6.07) is 7.89. The summed E-state index contributed by atoms with van der Waals surface area (Å²) in [5, 5.41) is 8.75. The quantitative estimate of drug-likeness (QED) is 0.841. The van der Waals surface area contributed by atoms with Gasteiger partial charge in [0, 0.05) is 15.8 Å². The maximum atomic E-state index is 13.5. The molecule has 0 aliphatic carbocycles. The molecule has 0 saturated heterocycles. The zero-order valence-electron chi connectivity index (χ0n) is 10.2. The topological polar surface area (TPSA) is 46.5 Å². The summed E-state index contributed by atoms with van der Waals surface area (Å²) < 4.78 is 18.8. The monoisotopic (exact) mass is 312 g/mol. The van der Waals surface area contributed by atoms with Crippen LogP contribution in [0, 0.1) is 5.82 Å². The predicted molar refractivity (Wildman–Crippen MR) is 76.7 cm³/mol. The molecule has 1 N–H and O–H groups in total. The smallest absolute Gasteiger partial charge is 0.328 e. The number of hydrogen-bond acceptors (Lipinski definition) is 3. The summed E-state index contributed by atoms with van der Waals surface area (Å²) in [7, 11) is 0. The summed E-state index contributed by atoms with van der Waals surface area (Å²) in [5.74, 6) is -1.50. The van der Waals surface area contributed by atoms with Crippen molar-refractivity contribution in [1.82, 2.24) is 0 Å². The van der Waals surface area contributed by atoms with Crippen LogP contribution in [0.4, 0.5) is 4.39 Å². The third-order valence-electron chi connectivity index (χ3n) is 2.35. The molecule has 3 nitrogen and oxygen atoms in total. The molecule has 0 fully saturated rings. The molecule has 0 saturated carbocycles. The average Bonchev–Trinajstić information content (AvgIpc) is 2.84. The van der Waals surface area contributed by atoms with Gasteiger partial charge in [0.15, 0.2) is 11.6 Å². The van der Waals surface area contributed by atoms with Crippen molar-refractivity contribution in [3.63, 3.8) is 0 Å². The molecule has 20 heavy (non-hydrogen) atoms. The van der Waals surface area contributed by atoms with Crippen LogP contribution < -0.4 is 4.74 Å². The Hall–Kier alpha value is -1.85. The van der Waals surface area contributed by atoms with Gasteiger partial charge in [0.1, 0.15) is 6.61 Å². The van der Waals surface area contributed by atoms with Gasteiger partial charge in [0.25, 0.3) is 0 Å². The van der Waals surface area contributed by atoms with E-state index in [2.05, 4.69) is 0 Å². The molecule has 2 rings (SSSR count). The number of rotatable bonds is 5. The maximum Gasteiger partial charge on any atom is 0.328 e. The molecule has 0 atom stereocenters. The normalized spacial score (nSPS) is 10.9. The second-order valence-electron chi connectivity index (χ2n) is 3.82. The van der Waals surface area contributed by atoms with E-state index in [0.717, 1.165) is 15.8 Å². The average molecular weight is 313 g/mol. The highest BCUT2D eigenvalue weighted by Gasteiger charge is 2.08. The van der Waals surface area contributed by atoms with E-state index in [-0.39, 0.29) is 17.4 Å². The van der Waals surface area contributed by atoms with Crippen molar-refractivity contribution in [2.24, 2.45) is 0 Å². The third kappa shape index (κ3) is 3.82. The molecule has 0 aliphatic heterocycles. The van der Waals surface area contributed by atoms with Crippen LogP contribution in [0.25, 0.3) is 6.08 Å². The molecule has 1 aromatic heterocycles. The Bertz CT molecular complexity index is 631. The van der Waals surface area contributed by atoms with Crippen molar-refractivity contribution in [3.05, 3.63) is 57.0 Å². The van der Waals surface area contributed by atoms with Crippen LogP contribution in [0.15, 0.2) is 36.4 Å². The Balaban J connectivity index is 2.03. The minimum Gasteiger partial charge on any atom is -0.483 e. The van der Waals surface area contributed by atoms with Gasteiger partial charge >= 0.3 is 5.97 Å². The number of para-hydroxylation sites is 1. The van der Waals surface area contributed by atoms with E-state index >= 15 is 0 Å². The predicted octanol–water partition coefficient (Wildman–Crippen LogP) is 4.22. The van der Waals surface area contributed by atoms with Crippen LogP contribution >= 0.6 is 22.9 Å². The zero-order valence-corrected chi connectivity index (χ0v) is 11.7. The summed E-state index contributed by atoms with van der Waals surface area (Å²) >= 11 is 7.21. The molecule has 6 heteroatoms. The van der Waals surface area contributed by atoms with Crippen LogP contribution in [-0.4, -0.2) is 11.1 Å². The SMILES string of the molecule is O=C(O)/C=C/c1ccc(COc2c(F)cccc2Cl)s1. The molecular formula is C14H10ClFO3S. The maximum absolute atomic E-state index is 13.5. The lowest BCUT2D eigenvalue weighted by molar-refractivity contribution is -0.131. The van der Waals surface area contributed by atoms with Crippen LogP contribution in [0.1, 0.15) is 9.75 Å². The molecule has 0 bridgehead atoms. The van der Waals surface area contributed by atoms with Crippen molar-refractivity contribution in [3.8, 4) is 5.75 Å². The van der Waals surface area contributed by atoms with E-state index in [4.69, 9.17) is 21.4 Å². The van der Waals surface area contributed by atoms with Crippen molar-refractivity contribution in [2.75, 3.05) is 0 Å². The Morgan fingerprint density at radius 2 is 2.20 bits per heavy atom.